The van der Waals surface area contributed by atoms with E-state index in [9.17, 15) is 4.79 Å². The van der Waals surface area contributed by atoms with E-state index in [4.69, 9.17) is 0 Å². The van der Waals surface area contributed by atoms with E-state index >= 15 is 0 Å². The smallest absolute Gasteiger partial charge is 0.241 e. The molecule has 3 nitrogen and oxygen atoms in total. The molecular weight excluding hydrogens is 224 g/mol. The number of carbonyl (C=O) groups is 1. The van der Waals surface area contributed by atoms with Crippen molar-refractivity contribution in [3.05, 3.63) is 0 Å². The molecule has 1 amide bonds. The number of hydrogen-bond acceptors (Lipinski definition) is 2. The number of nitrogens with zero attached hydrogens (tertiary/aromatic N) is 1. The maximum absolute atomic E-state index is 12.4. The first-order valence-electron chi connectivity index (χ1n) is 7.55. The maximum atomic E-state index is 12.4. The Hall–Kier alpha value is -0.570. The Morgan fingerprint density at radius 3 is 2.50 bits per heavy atom. The van der Waals surface area contributed by atoms with E-state index in [2.05, 4.69) is 44.8 Å². The first-order chi connectivity index (χ1) is 8.47. The Kier molecular flexibility index (Phi) is 6.13. The molecule has 0 aromatic carbocycles. The average Bonchev–Trinajstić information content (AvgIpc) is 2.59. The van der Waals surface area contributed by atoms with Crippen LogP contribution in [0.1, 0.15) is 66.7 Å². The summed E-state index contributed by atoms with van der Waals surface area (Å²) in [5.41, 5.74) is 0. The lowest BCUT2D eigenvalue weighted by molar-refractivity contribution is -0.132. The van der Waals surface area contributed by atoms with Gasteiger partial charge in [-0.05, 0) is 39.0 Å². The summed E-state index contributed by atoms with van der Waals surface area (Å²) in [4.78, 5) is 14.4. The first kappa shape index (κ1) is 15.5. The van der Waals surface area contributed by atoms with Gasteiger partial charge in [0.05, 0.1) is 12.2 Å². The van der Waals surface area contributed by atoms with Crippen LogP contribution < -0.4 is 5.32 Å². The topological polar surface area (TPSA) is 32.3 Å². The molecule has 0 spiro atoms. The summed E-state index contributed by atoms with van der Waals surface area (Å²) >= 11 is 0. The van der Waals surface area contributed by atoms with Crippen LogP contribution in [0, 0.1) is 5.92 Å². The predicted molar refractivity (Wildman–Crippen MR) is 76.3 cm³/mol. The van der Waals surface area contributed by atoms with Crippen LogP contribution in [0.5, 0.6) is 0 Å². The molecule has 1 fully saturated rings. The van der Waals surface area contributed by atoms with Gasteiger partial charge in [-0.15, -0.1) is 0 Å². The van der Waals surface area contributed by atoms with Crippen LogP contribution in [0.3, 0.4) is 0 Å². The van der Waals surface area contributed by atoms with Crippen molar-refractivity contribution in [2.24, 2.45) is 5.92 Å². The highest BCUT2D eigenvalue weighted by atomic mass is 16.2. The Labute approximate surface area is 112 Å². The SMILES string of the molecule is CCCCC1NC(C)N(C(C)CCC(C)C)C1=O. The van der Waals surface area contributed by atoms with E-state index in [1.165, 1.54) is 6.42 Å². The summed E-state index contributed by atoms with van der Waals surface area (Å²) in [6.07, 6.45) is 5.76. The van der Waals surface area contributed by atoms with Crippen molar-refractivity contribution in [3.63, 3.8) is 0 Å². The van der Waals surface area contributed by atoms with E-state index in [1.807, 2.05) is 0 Å². The molecule has 3 heteroatoms. The zero-order valence-electron chi connectivity index (χ0n) is 12.7. The standard InChI is InChI=1S/C15H30N2O/c1-6-7-8-14-15(18)17(13(5)16-14)12(4)10-9-11(2)3/h11-14,16H,6-10H2,1-5H3. The molecule has 1 heterocycles. The molecule has 0 aromatic rings. The van der Waals surface area contributed by atoms with E-state index in [0.717, 1.165) is 25.7 Å². The molecule has 0 saturated carbocycles. The summed E-state index contributed by atoms with van der Waals surface area (Å²) in [5.74, 6) is 1.02. The van der Waals surface area contributed by atoms with Crippen molar-refractivity contribution in [2.75, 3.05) is 0 Å². The lowest BCUT2D eigenvalue weighted by atomic mass is 10.0. The van der Waals surface area contributed by atoms with Gasteiger partial charge in [-0.25, -0.2) is 0 Å². The summed E-state index contributed by atoms with van der Waals surface area (Å²) in [5, 5.41) is 3.43. The second-order valence-electron chi connectivity index (χ2n) is 6.10. The van der Waals surface area contributed by atoms with Gasteiger partial charge in [0.15, 0.2) is 0 Å². The van der Waals surface area contributed by atoms with E-state index < -0.39 is 0 Å². The molecule has 3 unspecified atom stereocenters. The number of amides is 1. The second-order valence-corrected chi connectivity index (χ2v) is 6.10. The van der Waals surface area contributed by atoms with Gasteiger partial charge in [-0.1, -0.05) is 33.6 Å². The molecule has 18 heavy (non-hydrogen) atoms. The highest BCUT2D eigenvalue weighted by Gasteiger charge is 2.38. The van der Waals surface area contributed by atoms with Crippen LogP contribution in [-0.4, -0.2) is 29.1 Å². The van der Waals surface area contributed by atoms with Crippen molar-refractivity contribution < 1.29 is 4.79 Å². The zero-order chi connectivity index (χ0) is 13.7. The van der Waals surface area contributed by atoms with Gasteiger partial charge in [-0.2, -0.15) is 0 Å². The average molecular weight is 254 g/mol. The zero-order valence-corrected chi connectivity index (χ0v) is 12.7. The fourth-order valence-electron chi connectivity index (χ4n) is 2.74. The molecule has 1 N–H and O–H groups in total. The van der Waals surface area contributed by atoms with Gasteiger partial charge in [0.1, 0.15) is 0 Å². The summed E-state index contributed by atoms with van der Waals surface area (Å²) in [6, 6.07) is 0.412. The predicted octanol–water partition coefficient (Wildman–Crippen LogP) is 3.15. The number of rotatable bonds is 7. The summed E-state index contributed by atoms with van der Waals surface area (Å²) in [6.45, 7) is 10.9. The summed E-state index contributed by atoms with van der Waals surface area (Å²) in [7, 11) is 0. The molecule has 106 valence electrons. The van der Waals surface area contributed by atoms with Crippen LogP contribution in [0.15, 0.2) is 0 Å². The molecule has 1 saturated heterocycles. The Balaban J connectivity index is 2.52. The van der Waals surface area contributed by atoms with Gasteiger partial charge in [-0.3, -0.25) is 10.1 Å². The maximum Gasteiger partial charge on any atom is 0.241 e. The quantitative estimate of drug-likeness (QED) is 0.757. The fourth-order valence-corrected chi connectivity index (χ4v) is 2.74. The monoisotopic (exact) mass is 254 g/mol. The third-order valence-corrected chi connectivity index (χ3v) is 3.90. The van der Waals surface area contributed by atoms with Gasteiger partial charge in [0.25, 0.3) is 0 Å². The third kappa shape index (κ3) is 3.98. The minimum atomic E-state index is 0.0569. The molecule has 0 aromatic heterocycles. The Bertz CT molecular complexity index is 265. The lowest BCUT2D eigenvalue weighted by Crippen LogP contribution is -2.41. The molecule has 0 radical (unpaired) electrons. The highest BCUT2D eigenvalue weighted by molar-refractivity contribution is 5.84. The second kappa shape index (κ2) is 7.13. The number of carbonyl (C=O) groups excluding carboxylic acids is 1. The molecule has 0 aliphatic carbocycles. The normalized spacial score (nSPS) is 26.1. The Morgan fingerprint density at radius 1 is 1.28 bits per heavy atom. The van der Waals surface area contributed by atoms with E-state index in [1.54, 1.807) is 0 Å². The van der Waals surface area contributed by atoms with Gasteiger partial charge >= 0.3 is 0 Å². The van der Waals surface area contributed by atoms with E-state index in [-0.39, 0.29) is 12.2 Å². The van der Waals surface area contributed by atoms with Crippen molar-refractivity contribution in [1.29, 1.82) is 0 Å². The summed E-state index contributed by atoms with van der Waals surface area (Å²) < 4.78 is 0. The molecule has 1 rings (SSSR count). The molecule has 0 bridgehead atoms. The van der Waals surface area contributed by atoms with E-state index in [0.29, 0.717) is 17.9 Å². The van der Waals surface area contributed by atoms with Crippen molar-refractivity contribution in [1.82, 2.24) is 10.2 Å². The molecule has 3 atom stereocenters. The van der Waals surface area contributed by atoms with Crippen LogP contribution in [0.25, 0.3) is 0 Å². The van der Waals surface area contributed by atoms with Crippen LogP contribution in [0.4, 0.5) is 0 Å². The molecule has 1 aliphatic heterocycles. The van der Waals surface area contributed by atoms with Crippen molar-refractivity contribution >= 4 is 5.91 Å². The minimum absolute atomic E-state index is 0.0569. The van der Waals surface area contributed by atoms with Crippen LogP contribution in [-0.2, 0) is 4.79 Å². The first-order valence-corrected chi connectivity index (χ1v) is 7.55. The highest BCUT2D eigenvalue weighted by Crippen LogP contribution is 2.21. The lowest BCUT2D eigenvalue weighted by Gasteiger charge is -2.28. The number of nitrogens with one attached hydrogen (secondary N) is 1. The van der Waals surface area contributed by atoms with Crippen molar-refractivity contribution in [2.45, 2.75) is 85.0 Å². The van der Waals surface area contributed by atoms with Crippen molar-refractivity contribution in [3.8, 4) is 0 Å². The van der Waals surface area contributed by atoms with Crippen LogP contribution in [0.2, 0.25) is 0 Å². The Morgan fingerprint density at radius 2 is 1.94 bits per heavy atom. The van der Waals surface area contributed by atoms with Crippen LogP contribution >= 0.6 is 0 Å². The van der Waals surface area contributed by atoms with Gasteiger partial charge < -0.3 is 4.90 Å². The molecule has 1 aliphatic rings. The molecular formula is C15H30N2O. The third-order valence-electron chi connectivity index (χ3n) is 3.90. The number of hydrogen-bond donors (Lipinski definition) is 1. The number of unbranched alkanes of at least 4 members (excludes halogenated alkanes) is 1. The largest absolute Gasteiger partial charge is 0.323 e. The van der Waals surface area contributed by atoms with Gasteiger partial charge in [0.2, 0.25) is 5.91 Å². The minimum Gasteiger partial charge on any atom is -0.323 e. The fraction of sp³-hybridized carbons (Fsp3) is 0.933. The van der Waals surface area contributed by atoms with Gasteiger partial charge in [0, 0.05) is 6.04 Å².